The van der Waals surface area contributed by atoms with Crippen molar-refractivity contribution in [2.24, 2.45) is 0 Å². The molecule has 7 nitrogen and oxygen atoms in total. The van der Waals surface area contributed by atoms with E-state index in [-0.39, 0.29) is 17.0 Å². The van der Waals surface area contributed by atoms with Gasteiger partial charge < -0.3 is 15.5 Å². The number of amides is 1. The smallest absolute Gasteiger partial charge is 0.335 e. The Labute approximate surface area is 143 Å². The number of carbonyl (C=O) groups excluding carboxylic acids is 1. The van der Waals surface area contributed by atoms with Gasteiger partial charge in [0.25, 0.3) is 5.91 Å². The van der Waals surface area contributed by atoms with Crippen LogP contribution in [0.25, 0.3) is 11.0 Å². The zero-order valence-electron chi connectivity index (χ0n) is 13.6. The number of carbonyl (C=O) groups is 2. The fourth-order valence-corrected chi connectivity index (χ4v) is 2.34. The van der Waals surface area contributed by atoms with Crippen molar-refractivity contribution in [3.63, 3.8) is 0 Å². The van der Waals surface area contributed by atoms with E-state index in [0.717, 1.165) is 17.5 Å². The third-order valence-electron chi connectivity index (χ3n) is 3.83. The summed E-state index contributed by atoms with van der Waals surface area (Å²) in [5.41, 5.74) is 3.31. The number of rotatable bonds is 3. The Hall–Kier alpha value is -3.48. The summed E-state index contributed by atoms with van der Waals surface area (Å²) >= 11 is 0. The fraction of sp³-hybridized carbons (Fsp3) is 0.111. The normalized spacial score (nSPS) is 10.6. The van der Waals surface area contributed by atoms with Gasteiger partial charge in [-0.25, -0.2) is 14.8 Å². The number of carboxylic acids is 1. The number of carboxylic acid groups (broad SMARTS) is 1. The minimum atomic E-state index is -1.16. The third-order valence-corrected chi connectivity index (χ3v) is 3.83. The number of hydrogen-bond donors (Lipinski definition) is 3. The summed E-state index contributed by atoms with van der Waals surface area (Å²) in [6, 6.07) is 8.66. The number of aromatic hydroxyl groups is 1. The predicted molar refractivity (Wildman–Crippen MR) is 92.0 cm³/mol. The van der Waals surface area contributed by atoms with Gasteiger partial charge >= 0.3 is 5.97 Å². The van der Waals surface area contributed by atoms with Gasteiger partial charge in [-0.3, -0.25) is 4.79 Å². The third kappa shape index (κ3) is 3.25. The number of fused-ring (bicyclic) bond motifs is 1. The van der Waals surface area contributed by atoms with Gasteiger partial charge in [-0.15, -0.1) is 0 Å². The van der Waals surface area contributed by atoms with Crippen molar-refractivity contribution in [2.45, 2.75) is 13.8 Å². The summed E-state index contributed by atoms with van der Waals surface area (Å²) in [5.74, 6) is -1.92. The van der Waals surface area contributed by atoms with Gasteiger partial charge in [0.1, 0.15) is 5.75 Å². The van der Waals surface area contributed by atoms with Crippen molar-refractivity contribution >= 4 is 28.6 Å². The molecule has 0 saturated carbocycles. The maximum absolute atomic E-state index is 12.4. The largest absolute Gasteiger partial charge is 0.506 e. The molecule has 3 aromatic rings. The van der Waals surface area contributed by atoms with Crippen LogP contribution >= 0.6 is 0 Å². The van der Waals surface area contributed by atoms with Crippen molar-refractivity contribution in [1.29, 1.82) is 0 Å². The van der Waals surface area contributed by atoms with E-state index in [1.54, 1.807) is 18.2 Å². The minimum Gasteiger partial charge on any atom is -0.506 e. The molecular weight excluding hydrogens is 322 g/mol. The lowest BCUT2D eigenvalue weighted by Gasteiger charge is -2.09. The van der Waals surface area contributed by atoms with Gasteiger partial charge in [0, 0.05) is 5.56 Å². The molecule has 0 aliphatic carbocycles. The number of aryl methyl sites for hydroxylation is 2. The Morgan fingerprint density at radius 2 is 1.56 bits per heavy atom. The number of phenols is 1. The lowest BCUT2D eigenvalue weighted by atomic mass is 10.1. The predicted octanol–water partition coefficient (Wildman–Crippen LogP) is 2.90. The number of benzene rings is 2. The van der Waals surface area contributed by atoms with Gasteiger partial charge in [0.2, 0.25) is 0 Å². The summed E-state index contributed by atoms with van der Waals surface area (Å²) in [6.45, 7) is 3.71. The number of nitrogens with one attached hydrogen (secondary N) is 1. The highest BCUT2D eigenvalue weighted by atomic mass is 16.4. The van der Waals surface area contributed by atoms with Crippen LogP contribution in [0.1, 0.15) is 32.1 Å². The summed E-state index contributed by atoms with van der Waals surface area (Å²) in [5, 5.41) is 21.3. The second-order valence-corrected chi connectivity index (χ2v) is 5.59. The molecule has 3 rings (SSSR count). The van der Waals surface area contributed by atoms with E-state index < -0.39 is 11.9 Å². The van der Waals surface area contributed by atoms with E-state index in [2.05, 4.69) is 15.3 Å². The molecule has 1 heterocycles. The molecule has 0 aliphatic rings. The molecule has 1 amide bonds. The van der Waals surface area contributed by atoms with Crippen molar-refractivity contribution in [3.8, 4) is 5.75 Å². The van der Waals surface area contributed by atoms with Gasteiger partial charge in [0.05, 0.1) is 33.7 Å². The number of anilines is 1. The zero-order valence-corrected chi connectivity index (χ0v) is 13.6. The quantitative estimate of drug-likeness (QED) is 0.634. The second kappa shape index (κ2) is 6.20. The second-order valence-electron chi connectivity index (χ2n) is 5.59. The highest BCUT2D eigenvalue weighted by molar-refractivity contribution is 6.06. The Balaban J connectivity index is 1.89. The maximum Gasteiger partial charge on any atom is 0.335 e. The first kappa shape index (κ1) is 16.4. The molecule has 0 atom stereocenters. The molecular formula is C18H15N3O4. The first-order valence-corrected chi connectivity index (χ1v) is 7.48. The van der Waals surface area contributed by atoms with Crippen LogP contribution in [0, 0.1) is 13.8 Å². The number of nitrogens with zero attached hydrogens (tertiary/aromatic N) is 2. The summed E-state index contributed by atoms with van der Waals surface area (Å²) in [4.78, 5) is 32.1. The van der Waals surface area contributed by atoms with Crippen LogP contribution in [0.5, 0.6) is 5.75 Å². The number of phenolic OH excluding ortho intramolecular Hbond substituents is 1. The molecule has 3 N–H and O–H groups in total. The maximum atomic E-state index is 12.4. The summed E-state index contributed by atoms with van der Waals surface area (Å²) in [7, 11) is 0. The molecule has 2 aromatic carbocycles. The van der Waals surface area contributed by atoms with Crippen LogP contribution in [0.2, 0.25) is 0 Å². The number of aromatic carboxylic acids is 1. The van der Waals surface area contributed by atoms with Crippen LogP contribution in [-0.4, -0.2) is 32.1 Å². The van der Waals surface area contributed by atoms with E-state index >= 15 is 0 Å². The average Bonchev–Trinajstić information content (AvgIpc) is 2.57. The molecule has 0 radical (unpaired) electrons. The minimum absolute atomic E-state index is 0.0673. The van der Waals surface area contributed by atoms with E-state index in [0.29, 0.717) is 16.6 Å². The standard InChI is InChI=1S/C18H15N3O4/c1-9-10(2)20-15-7-11(3-5-13(15)19-9)17(23)21-14-6-4-12(18(24)25)8-16(14)22/h3-8,22H,1-2H3,(H,21,23)(H,24,25). The molecule has 0 fully saturated rings. The van der Waals surface area contributed by atoms with Crippen LogP contribution in [-0.2, 0) is 0 Å². The number of hydrogen-bond acceptors (Lipinski definition) is 5. The average molecular weight is 337 g/mol. The summed E-state index contributed by atoms with van der Waals surface area (Å²) < 4.78 is 0. The molecule has 0 unspecified atom stereocenters. The van der Waals surface area contributed by atoms with E-state index in [1.165, 1.54) is 12.1 Å². The Morgan fingerprint density at radius 1 is 0.920 bits per heavy atom. The Kier molecular flexibility index (Phi) is 4.06. The van der Waals surface area contributed by atoms with Gasteiger partial charge in [-0.05, 0) is 50.2 Å². The highest BCUT2D eigenvalue weighted by Gasteiger charge is 2.13. The Morgan fingerprint density at radius 3 is 2.20 bits per heavy atom. The monoisotopic (exact) mass is 337 g/mol. The number of aromatic nitrogens is 2. The lowest BCUT2D eigenvalue weighted by molar-refractivity contribution is 0.0696. The molecule has 0 aliphatic heterocycles. The first-order chi connectivity index (χ1) is 11.8. The molecule has 1 aromatic heterocycles. The molecule has 25 heavy (non-hydrogen) atoms. The zero-order chi connectivity index (χ0) is 18.1. The van der Waals surface area contributed by atoms with Crippen molar-refractivity contribution < 1.29 is 19.8 Å². The van der Waals surface area contributed by atoms with E-state index in [4.69, 9.17) is 5.11 Å². The fourth-order valence-electron chi connectivity index (χ4n) is 2.34. The van der Waals surface area contributed by atoms with Gasteiger partial charge in [-0.1, -0.05) is 0 Å². The lowest BCUT2D eigenvalue weighted by Crippen LogP contribution is -2.12. The van der Waals surface area contributed by atoms with Gasteiger partial charge in [0.15, 0.2) is 0 Å². The van der Waals surface area contributed by atoms with Crippen molar-refractivity contribution in [3.05, 3.63) is 58.9 Å². The van der Waals surface area contributed by atoms with E-state index in [1.807, 2.05) is 13.8 Å². The van der Waals surface area contributed by atoms with Crippen LogP contribution in [0.15, 0.2) is 36.4 Å². The summed E-state index contributed by atoms with van der Waals surface area (Å²) in [6.07, 6.45) is 0. The van der Waals surface area contributed by atoms with Crippen LogP contribution in [0.4, 0.5) is 5.69 Å². The first-order valence-electron chi connectivity index (χ1n) is 7.48. The molecule has 7 heteroatoms. The molecule has 126 valence electrons. The van der Waals surface area contributed by atoms with Crippen molar-refractivity contribution in [2.75, 3.05) is 5.32 Å². The topological polar surface area (TPSA) is 112 Å². The highest BCUT2D eigenvalue weighted by Crippen LogP contribution is 2.25. The molecule has 0 spiro atoms. The van der Waals surface area contributed by atoms with E-state index in [9.17, 15) is 14.7 Å². The van der Waals surface area contributed by atoms with Crippen LogP contribution in [0.3, 0.4) is 0 Å². The molecule has 0 bridgehead atoms. The molecule has 0 saturated heterocycles. The SMILES string of the molecule is Cc1nc2ccc(C(=O)Nc3ccc(C(=O)O)cc3O)cc2nc1C. The van der Waals surface area contributed by atoms with Crippen LogP contribution < -0.4 is 5.32 Å². The Bertz CT molecular complexity index is 1010. The van der Waals surface area contributed by atoms with Gasteiger partial charge in [-0.2, -0.15) is 0 Å². The van der Waals surface area contributed by atoms with Crippen molar-refractivity contribution in [1.82, 2.24) is 9.97 Å².